The van der Waals surface area contributed by atoms with E-state index in [1.165, 1.54) is 6.07 Å². The van der Waals surface area contributed by atoms with Gasteiger partial charge in [0.05, 0.1) is 5.69 Å². The SMILES string of the molecule is CC(C)(C)c1cc(N)c(F)cc1Br. The molecular weight excluding hydrogens is 233 g/mol. The molecule has 0 saturated heterocycles. The monoisotopic (exact) mass is 245 g/mol. The predicted octanol–water partition coefficient (Wildman–Crippen LogP) is 3.47. The number of hydrogen-bond acceptors (Lipinski definition) is 1. The number of benzene rings is 1. The molecule has 0 heterocycles. The topological polar surface area (TPSA) is 26.0 Å². The van der Waals surface area contributed by atoms with Crippen molar-refractivity contribution in [2.75, 3.05) is 5.73 Å². The highest BCUT2D eigenvalue weighted by molar-refractivity contribution is 9.10. The van der Waals surface area contributed by atoms with Gasteiger partial charge in [0, 0.05) is 4.47 Å². The minimum atomic E-state index is -0.375. The van der Waals surface area contributed by atoms with Crippen LogP contribution < -0.4 is 5.73 Å². The van der Waals surface area contributed by atoms with E-state index in [-0.39, 0.29) is 16.9 Å². The van der Waals surface area contributed by atoms with Crippen molar-refractivity contribution in [3.63, 3.8) is 0 Å². The second kappa shape index (κ2) is 3.29. The van der Waals surface area contributed by atoms with E-state index in [1.54, 1.807) is 6.07 Å². The zero-order chi connectivity index (χ0) is 10.2. The van der Waals surface area contributed by atoms with Gasteiger partial charge in [-0.05, 0) is 23.1 Å². The molecule has 0 fully saturated rings. The summed E-state index contributed by atoms with van der Waals surface area (Å²) >= 11 is 3.32. The summed E-state index contributed by atoms with van der Waals surface area (Å²) in [6.07, 6.45) is 0. The lowest BCUT2D eigenvalue weighted by atomic mass is 9.87. The quantitative estimate of drug-likeness (QED) is 0.697. The molecule has 0 atom stereocenters. The Bertz CT molecular complexity index is 328. The molecule has 0 bridgehead atoms. The average Bonchev–Trinajstić information content (AvgIpc) is 1.94. The number of nitrogen functional groups attached to an aromatic ring is 1. The maximum atomic E-state index is 13.0. The van der Waals surface area contributed by atoms with E-state index in [0.29, 0.717) is 0 Å². The van der Waals surface area contributed by atoms with Gasteiger partial charge in [-0.1, -0.05) is 36.7 Å². The van der Waals surface area contributed by atoms with E-state index in [9.17, 15) is 4.39 Å². The summed E-state index contributed by atoms with van der Waals surface area (Å²) in [4.78, 5) is 0. The molecule has 0 unspecified atom stereocenters. The molecule has 0 spiro atoms. The molecule has 2 N–H and O–H groups in total. The van der Waals surface area contributed by atoms with E-state index in [1.807, 2.05) is 0 Å². The van der Waals surface area contributed by atoms with Gasteiger partial charge in [-0.25, -0.2) is 4.39 Å². The van der Waals surface area contributed by atoms with Crippen molar-refractivity contribution in [2.45, 2.75) is 26.2 Å². The molecule has 13 heavy (non-hydrogen) atoms. The third-order valence-corrected chi connectivity index (χ3v) is 2.55. The highest BCUT2D eigenvalue weighted by Gasteiger charge is 2.18. The van der Waals surface area contributed by atoms with E-state index in [2.05, 4.69) is 36.7 Å². The summed E-state index contributed by atoms with van der Waals surface area (Å²) in [5.41, 5.74) is 6.69. The standard InChI is InChI=1S/C10H13BrFN/c1-10(2,3)6-4-9(13)8(12)5-7(6)11/h4-5H,13H2,1-3H3. The smallest absolute Gasteiger partial charge is 0.147 e. The Morgan fingerprint density at radius 1 is 1.31 bits per heavy atom. The van der Waals surface area contributed by atoms with Crippen LogP contribution in [0, 0.1) is 5.82 Å². The Kier molecular flexibility index (Phi) is 2.66. The van der Waals surface area contributed by atoms with Crippen LogP contribution in [0.4, 0.5) is 10.1 Å². The Morgan fingerprint density at radius 3 is 2.31 bits per heavy atom. The Hall–Kier alpha value is -0.570. The molecule has 0 aromatic heterocycles. The highest BCUT2D eigenvalue weighted by atomic mass is 79.9. The van der Waals surface area contributed by atoms with Crippen molar-refractivity contribution in [2.24, 2.45) is 0 Å². The molecule has 0 aliphatic rings. The predicted molar refractivity (Wildman–Crippen MR) is 57.2 cm³/mol. The molecule has 0 aliphatic carbocycles. The van der Waals surface area contributed by atoms with Crippen LogP contribution in [-0.4, -0.2) is 0 Å². The summed E-state index contributed by atoms with van der Waals surface area (Å²) in [6.45, 7) is 6.18. The zero-order valence-corrected chi connectivity index (χ0v) is 9.57. The van der Waals surface area contributed by atoms with Crippen LogP contribution in [-0.2, 0) is 5.41 Å². The van der Waals surface area contributed by atoms with Crippen LogP contribution in [0.2, 0.25) is 0 Å². The van der Waals surface area contributed by atoms with Crippen molar-refractivity contribution >= 4 is 21.6 Å². The van der Waals surface area contributed by atoms with Gasteiger partial charge in [0.2, 0.25) is 0 Å². The molecule has 1 aromatic rings. The molecule has 3 heteroatoms. The van der Waals surface area contributed by atoms with Crippen molar-refractivity contribution in [1.29, 1.82) is 0 Å². The molecule has 1 aromatic carbocycles. The van der Waals surface area contributed by atoms with Gasteiger partial charge in [-0.15, -0.1) is 0 Å². The fraction of sp³-hybridized carbons (Fsp3) is 0.400. The molecule has 0 radical (unpaired) electrons. The van der Waals surface area contributed by atoms with E-state index < -0.39 is 0 Å². The number of nitrogens with two attached hydrogens (primary N) is 1. The van der Waals surface area contributed by atoms with Crippen LogP contribution in [0.15, 0.2) is 16.6 Å². The Balaban J connectivity index is 3.32. The van der Waals surface area contributed by atoms with Crippen molar-refractivity contribution in [3.05, 3.63) is 28.0 Å². The first-order chi connectivity index (χ1) is 5.82. The molecule has 0 amide bonds. The first-order valence-electron chi connectivity index (χ1n) is 4.07. The van der Waals surface area contributed by atoms with Gasteiger partial charge in [0.1, 0.15) is 5.82 Å². The van der Waals surface area contributed by atoms with Crippen LogP contribution >= 0.6 is 15.9 Å². The van der Waals surface area contributed by atoms with Crippen LogP contribution in [0.1, 0.15) is 26.3 Å². The minimum Gasteiger partial charge on any atom is -0.396 e. The molecule has 0 aliphatic heterocycles. The first-order valence-corrected chi connectivity index (χ1v) is 4.86. The maximum Gasteiger partial charge on any atom is 0.147 e. The summed E-state index contributed by atoms with van der Waals surface area (Å²) in [7, 11) is 0. The van der Waals surface area contributed by atoms with Crippen LogP contribution in [0.25, 0.3) is 0 Å². The summed E-state index contributed by atoms with van der Waals surface area (Å²) in [6, 6.07) is 3.09. The second-order valence-corrected chi connectivity index (χ2v) is 4.96. The van der Waals surface area contributed by atoms with Gasteiger partial charge < -0.3 is 5.73 Å². The fourth-order valence-electron chi connectivity index (χ4n) is 1.14. The molecule has 1 nitrogen and oxygen atoms in total. The fourth-order valence-corrected chi connectivity index (χ4v) is 2.05. The largest absolute Gasteiger partial charge is 0.396 e. The second-order valence-electron chi connectivity index (χ2n) is 4.10. The van der Waals surface area contributed by atoms with E-state index in [0.717, 1.165) is 10.0 Å². The molecule has 0 saturated carbocycles. The summed E-state index contributed by atoms with van der Waals surface area (Å²) < 4.78 is 13.8. The third-order valence-electron chi connectivity index (χ3n) is 1.89. The lowest BCUT2D eigenvalue weighted by Gasteiger charge is -2.21. The minimum absolute atomic E-state index is 0.0271. The van der Waals surface area contributed by atoms with Crippen LogP contribution in [0.5, 0.6) is 0 Å². The molecular formula is C10H13BrFN. The Morgan fingerprint density at radius 2 is 1.85 bits per heavy atom. The third kappa shape index (κ3) is 2.21. The average molecular weight is 246 g/mol. The Labute approximate surface area is 86.3 Å². The van der Waals surface area contributed by atoms with Gasteiger partial charge in [-0.2, -0.15) is 0 Å². The lowest BCUT2D eigenvalue weighted by Crippen LogP contribution is -2.13. The van der Waals surface area contributed by atoms with Gasteiger partial charge >= 0.3 is 0 Å². The summed E-state index contributed by atoms with van der Waals surface area (Å²) in [5, 5.41) is 0. The van der Waals surface area contributed by atoms with Crippen molar-refractivity contribution in [3.8, 4) is 0 Å². The summed E-state index contributed by atoms with van der Waals surface area (Å²) in [5.74, 6) is -0.375. The lowest BCUT2D eigenvalue weighted by molar-refractivity contribution is 0.580. The van der Waals surface area contributed by atoms with Crippen molar-refractivity contribution in [1.82, 2.24) is 0 Å². The maximum absolute atomic E-state index is 13.0. The van der Waals surface area contributed by atoms with E-state index in [4.69, 9.17) is 5.73 Å². The highest BCUT2D eigenvalue weighted by Crippen LogP contribution is 2.32. The number of anilines is 1. The van der Waals surface area contributed by atoms with Crippen molar-refractivity contribution < 1.29 is 4.39 Å². The van der Waals surface area contributed by atoms with Crippen LogP contribution in [0.3, 0.4) is 0 Å². The molecule has 72 valence electrons. The van der Waals surface area contributed by atoms with E-state index >= 15 is 0 Å². The van der Waals surface area contributed by atoms with Gasteiger partial charge in [0.15, 0.2) is 0 Å². The zero-order valence-electron chi connectivity index (χ0n) is 7.99. The normalized spacial score (nSPS) is 11.8. The number of hydrogen-bond donors (Lipinski definition) is 1. The van der Waals surface area contributed by atoms with Gasteiger partial charge in [0.25, 0.3) is 0 Å². The first kappa shape index (κ1) is 10.5. The number of halogens is 2. The van der Waals surface area contributed by atoms with Gasteiger partial charge in [-0.3, -0.25) is 0 Å². The molecule has 1 rings (SSSR count). The number of rotatable bonds is 0.